The molecule has 1 saturated heterocycles. The molecule has 0 unspecified atom stereocenters. The van der Waals surface area contributed by atoms with Gasteiger partial charge in [0.1, 0.15) is 17.4 Å². The summed E-state index contributed by atoms with van der Waals surface area (Å²) in [7, 11) is 1.59. The number of methoxy groups -OCH3 is 1. The molecular weight excluding hydrogens is 389 g/mol. The van der Waals surface area contributed by atoms with E-state index in [0.29, 0.717) is 22.2 Å². The van der Waals surface area contributed by atoms with E-state index >= 15 is 0 Å². The molecule has 0 spiro atoms. The van der Waals surface area contributed by atoms with Gasteiger partial charge in [-0.2, -0.15) is 0 Å². The van der Waals surface area contributed by atoms with E-state index < -0.39 is 0 Å². The van der Waals surface area contributed by atoms with Crippen molar-refractivity contribution in [2.75, 3.05) is 26.7 Å². The molecule has 0 aliphatic carbocycles. The molecule has 1 aromatic heterocycles. The third-order valence-corrected chi connectivity index (χ3v) is 5.65. The van der Waals surface area contributed by atoms with Crippen LogP contribution in [0.2, 0.25) is 5.02 Å². The summed E-state index contributed by atoms with van der Waals surface area (Å²) in [6.07, 6.45) is 6.75. The number of nitrogens with zero attached hydrogens (tertiary/aromatic N) is 3. The minimum Gasteiger partial charge on any atom is -0.496 e. The number of aromatic nitrogens is 2. The molecule has 2 aromatic carbocycles. The van der Waals surface area contributed by atoms with Gasteiger partial charge in [-0.3, -0.25) is 4.57 Å². The molecule has 2 heterocycles. The predicted molar refractivity (Wildman–Crippen MR) is 115 cm³/mol. The molecule has 0 N–H and O–H groups in total. The number of halogens is 2. The van der Waals surface area contributed by atoms with Crippen LogP contribution in [0.5, 0.6) is 5.75 Å². The summed E-state index contributed by atoms with van der Waals surface area (Å²) in [5.74, 6) is 0.938. The van der Waals surface area contributed by atoms with Gasteiger partial charge in [-0.05, 0) is 68.4 Å². The summed E-state index contributed by atoms with van der Waals surface area (Å²) < 4.78 is 21.5. The van der Waals surface area contributed by atoms with Crippen LogP contribution in [0.1, 0.15) is 25.0 Å². The van der Waals surface area contributed by atoms with Crippen LogP contribution >= 0.6 is 11.6 Å². The number of imidazole rings is 1. The van der Waals surface area contributed by atoms with Crippen molar-refractivity contribution in [3.63, 3.8) is 0 Å². The molecule has 0 saturated carbocycles. The second kappa shape index (κ2) is 8.97. The van der Waals surface area contributed by atoms with Gasteiger partial charge in [0, 0.05) is 29.9 Å². The molecule has 0 bridgehead atoms. The normalized spacial score (nSPS) is 14.9. The van der Waals surface area contributed by atoms with E-state index in [2.05, 4.69) is 4.90 Å². The lowest BCUT2D eigenvalue weighted by Gasteiger charge is -2.25. The highest BCUT2D eigenvalue weighted by Crippen LogP contribution is 2.32. The summed E-state index contributed by atoms with van der Waals surface area (Å²) in [5, 5.41) is 0.670. The van der Waals surface area contributed by atoms with Gasteiger partial charge in [-0.15, -0.1) is 0 Å². The molecule has 29 heavy (non-hydrogen) atoms. The number of likely N-dealkylation sites (tertiary alicyclic amines) is 1. The Morgan fingerprint density at radius 1 is 1.07 bits per heavy atom. The van der Waals surface area contributed by atoms with Crippen LogP contribution in [0.3, 0.4) is 0 Å². The first-order valence-electron chi connectivity index (χ1n) is 10.0. The maximum atomic E-state index is 14.0. The quantitative estimate of drug-likeness (QED) is 0.544. The fourth-order valence-corrected chi connectivity index (χ4v) is 3.97. The Morgan fingerprint density at radius 2 is 1.83 bits per heavy atom. The standard InChI is InChI=1S/C23H25ClFN3O/c1-29-22-10-7-18(25)15-21(22)23-26-19(11-14-27-12-3-2-4-13-27)16-28(23)20-8-5-17(24)6-9-20/h5-10,15-16H,2-4,11-14H2,1H3. The molecule has 1 aliphatic heterocycles. The van der Waals surface area contributed by atoms with Crippen molar-refractivity contribution < 1.29 is 9.13 Å². The maximum Gasteiger partial charge on any atom is 0.148 e. The van der Waals surface area contributed by atoms with E-state index in [1.54, 1.807) is 13.2 Å². The third-order valence-electron chi connectivity index (χ3n) is 5.40. The SMILES string of the molecule is COc1ccc(F)cc1-c1nc(CCN2CCCCC2)cn1-c1ccc(Cl)cc1. The molecule has 0 atom stereocenters. The Morgan fingerprint density at radius 3 is 2.55 bits per heavy atom. The fourth-order valence-electron chi connectivity index (χ4n) is 3.85. The van der Waals surface area contributed by atoms with Gasteiger partial charge in [0.2, 0.25) is 0 Å². The molecule has 1 fully saturated rings. The van der Waals surface area contributed by atoms with Gasteiger partial charge in [0.25, 0.3) is 0 Å². The lowest BCUT2D eigenvalue weighted by molar-refractivity contribution is 0.231. The van der Waals surface area contributed by atoms with Gasteiger partial charge in [0.05, 0.1) is 18.4 Å². The number of benzene rings is 2. The number of rotatable bonds is 6. The second-order valence-corrected chi connectivity index (χ2v) is 7.84. The highest BCUT2D eigenvalue weighted by atomic mass is 35.5. The van der Waals surface area contributed by atoms with Crippen LogP contribution in [-0.2, 0) is 6.42 Å². The minimum atomic E-state index is -0.318. The minimum absolute atomic E-state index is 0.318. The van der Waals surface area contributed by atoms with Crippen molar-refractivity contribution in [2.24, 2.45) is 0 Å². The first-order chi connectivity index (χ1) is 14.1. The van der Waals surface area contributed by atoms with Gasteiger partial charge in [-0.1, -0.05) is 18.0 Å². The molecule has 1 aliphatic rings. The number of piperidine rings is 1. The van der Waals surface area contributed by atoms with Gasteiger partial charge >= 0.3 is 0 Å². The van der Waals surface area contributed by atoms with E-state index in [-0.39, 0.29) is 5.82 Å². The van der Waals surface area contributed by atoms with Crippen LogP contribution in [0.25, 0.3) is 17.1 Å². The third kappa shape index (κ3) is 4.62. The van der Waals surface area contributed by atoms with Crippen molar-refractivity contribution >= 4 is 11.6 Å². The summed E-state index contributed by atoms with van der Waals surface area (Å²) in [5.41, 5.74) is 2.53. The van der Waals surface area contributed by atoms with Crippen LogP contribution in [0, 0.1) is 5.82 Å². The Balaban J connectivity index is 1.71. The van der Waals surface area contributed by atoms with Crippen molar-refractivity contribution in [3.8, 4) is 22.8 Å². The largest absolute Gasteiger partial charge is 0.496 e. The zero-order chi connectivity index (χ0) is 20.2. The van der Waals surface area contributed by atoms with Crippen molar-refractivity contribution in [2.45, 2.75) is 25.7 Å². The molecule has 0 amide bonds. The highest BCUT2D eigenvalue weighted by molar-refractivity contribution is 6.30. The Labute approximate surface area is 175 Å². The van der Waals surface area contributed by atoms with Gasteiger partial charge in [-0.25, -0.2) is 9.37 Å². The highest BCUT2D eigenvalue weighted by Gasteiger charge is 2.18. The Kier molecular flexibility index (Phi) is 6.16. The molecule has 152 valence electrons. The maximum absolute atomic E-state index is 14.0. The molecular formula is C23H25ClFN3O. The molecule has 4 nitrogen and oxygen atoms in total. The topological polar surface area (TPSA) is 30.3 Å². The van der Waals surface area contributed by atoms with Gasteiger partial charge < -0.3 is 9.64 Å². The average Bonchev–Trinajstić information content (AvgIpc) is 3.17. The van der Waals surface area contributed by atoms with E-state index in [9.17, 15) is 4.39 Å². The zero-order valence-electron chi connectivity index (χ0n) is 16.6. The Hall–Kier alpha value is -2.37. The second-order valence-electron chi connectivity index (χ2n) is 7.40. The summed E-state index contributed by atoms with van der Waals surface area (Å²) in [6, 6.07) is 12.1. The number of ether oxygens (including phenoxy) is 1. The van der Waals surface area contributed by atoms with Crippen LogP contribution in [0.15, 0.2) is 48.7 Å². The zero-order valence-corrected chi connectivity index (χ0v) is 17.3. The summed E-state index contributed by atoms with van der Waals surface area (Å²) in [4.78, 5) is 7.36. The summed E-state index contributed by atoms with van der Waals surface area (Å²) in [6.45, 7) is 3.29. The predicted octanol–water partition coefficient (Wildman–Crippen LogP) is 5.37. The summed E-state index contributed by atoms with van der Waals surface area (Å²) >= 11 is 6.07. The molecule has 3 aromatic rings. The fraction of sp³-hybridized carbons (Fsp3) is 0.348. The van der Waals surface area contributed by atoms with Crippen molar-refractivity contribution in [1.29, 1.82) is 0 Å². The molecule has 6 heteroatoms. The van der Waals surface area contributed by atoms with Crippen LogP contribution in [0.4, 0.5) is 4.39 Å². The van der Waals surface area contributed by atoms with Crippen molar-refractivity contribution in [1.82, 2.24) is 14.5 Å². The lowest BCUT2D eigenvalue weighted by atomic mass is 10.1. The smallest absolute Gasteiger partial charge is 0.148 e. The number of hydrogen-bond acceptors (Lipinski definition) is 3. The lowest BCUT2D eigenvalue weighted by Crippen LogP contribution is -2.31. The monoisotopic (exact) mass is 413 g/mol. The molecule has 4 rings (SSSR count). The first-order valence-corrected chi connectivity index (χ1v) is 10.4. The Bertz CT molecular complexity index is 965. The van der Waals surface area contributed by atoms with Gasteiger partial charge in [0.15, 0.2) is 0 Å². The van der Waals surface area contributed by atoms with E-state index in [0.717, 1.165) is 37.4 Å². The number of hydrogen-bond donors (Lipinski definition) is 0. The average molecular weight is 414 g/mol. The van der Waals surface area contributed by atoms with E-state index in [1.807, 2.05) is 35.0 Å². The van der Waals surface area contributed by atoms with Crippen LogP contribution in [-0.4, -0.2) is 41.2 Å². The van der Waals surface area contributed by atoms with Crippen molar-refractivity contribution in [3.05, 3.63) is 65.2 Å². The molecule has 0 radical (unpaired) electrons. The van der Waals surface area contributed by atoms with E-state index in [4.69, 9.17) is 21.3 Å². The van der Waals surface area contributed by atoms with Crippen LogP contribution < -0.4 is 4.74 Å². The first kappa shape index (κ1) is 19.9. The van der Waals surface area contributed by atoms with E-state index in [1.165, 1.54) is 31.4 Å².